The van der Waals surface area contributed by atoms with Crippen LogP contribution in [0.25, 0.3) is 0 Å². The Bertz CT molecular complexity index is 547. The number of carbonyl (C=O) groups excluding carboxylic acids is 1. The van der Waals surface area contributed by atoms with E-state index < -0.39 is 0 Å². The van der Waals surface area contributed by atoms with E-state index in [4.69, 9.17) is 4.74 Å². The van der Waals surface area contributed by atoms with Gasteiger partial charge >= 0.3 is 0 Å². The third-order valence-electron chi connectivity index (χ3n) is 2.61. The highest BCUT2D eigenvalue weighted by Crippen LogP contribution is 2.26. The van der Waals surface area contributed by atoms with Gasteiger partial charge in [0.05, 0.1) is 4.47 Å². The van der Waals surface area contributed by atoms with E-state index in [1.54, 1.807) is 18.2 Å². The standard InChI is InChI=1S/C15H13BrO2/c1-11-2-4-12(5-3-11)10-18-15-7-6-13(9-17)8-14(15)16/h2-9H,10H2,1H3. The average molecular weight is 305 g/mol. The minimum absolute atomic E-state index is 0.513. The van der Waals surface area contributed by atoms with Gasteiger partial charge in [-0.2, -0.15) is 0 Å². The van der Waals surface area contributed by atoms with Crippen molar-refractivity contribution in [1.82, 2.24) is 0 Å². The summed E-state index contributed by atoms with van der Waals surface area (Å²) >= 11 is 3.39. The van der Waals surface area contributed by atoms with Crippen LogP contribution in [0, 0.1) is 6.92 Å². The Morgan fingerprint density at radius 3 is 2.50 bits per heavy atom. The molecule has 2 nitrogen and oxygen atoms in total. The summed E-state index contributed by atoms with van der Waals surface area (Å²) in [7, 11) is 0. The summed E-state index contributed by atoms with van der Waals surface area (Å²) < 4.78 is 6.49. The zero-order valence-electron chi connectivity index (χ0n) is 10.0. The summed E-state index contributed by atoms with van der Waals surface area (Å²) in [5, 5.41) is 0. The highest BCUT2D eigenvalue weighted by molar-refractivity contribution is 9.10. The number of hydrogen-bond acceptors (Lipinski definition) is 2. The first-order valence-corrected chi connectivity index (χ1v) is 6.41. The minimum Gasteiger partial charge on any atom is -0.488 e. The molecule has 0 fully saturated rings. The number of ether oxygens (including phenoxy) is 1. The molecule has 0 aliphatic rings. The molecule has 0 saturated carbocycles. The van der Waals surface area contributed by atoms with Crippen molar-refractivity contribution in [1.29, 1.82) is 0 Å². The number of carbonyl (C=O) groups is 1. The molecule has 0 atom stereocenters. The van der Waals surface area contributed by atoms with Crippen molar-refractivity contribution in [3.8, 4) is 5.75 Å². The molecule has 2 rings (SSSR count). The molecule has 2 aromatic carbocycles. The van der Waals surface area contributed by atoms with Gasteiger partial charge in [-0.3, -0.25) is 4.79 Å². The summed E-state index contributed by atoms with van der Waals surface area (Å²) in [4.78, 5) is 10.6. The Balaban J connectivity index is 2.06. The topological polar surface area (TPSA) is 26.3 Å². The molecule has 0 radical (unpaired) electrons. The van der Waals surface area contributed by atoms with Crippen molar-refractivity contribution in [3.05, 3.63) is 63.6 Å². The smallest absolute Gasteiger partial charge is 0.150 e. The number of aryl methyl sites for hydroxylation is 1. The van der Waals surface area contributed by atoms with Crippen LogP contribution in [0.4, 0.5) is 0 Å². The van der Waals surface area contributed by atoms with Crippen LogP contribution in [0.15, 0.2) is 46.9 Å². The number of halogens is 1. The van der Waals surface area contributed by atoms with E-state index in [-0.39, 0.29) is 0 Å². The molecular formula is C15H13BrO2. The Morgan fingerprint density at radius 1 is 1.17 bits per heavy atom. The molecule has 0 spiro atoms. The summed E-state index contributed by atoms with van der Waals surface area (Å²) in [5.41, 5.74) is 2.98. The van der Waals surface area contributed by atoms with Gasteiger partial charge in [-0.1, -0.05) is 29.8 Å². The molecule has 0 heterocycles. The van der Waals surface area contributed by atoms with Crippen LogP contribution in [-0.4, -0.2) is 6.29 Å². The molecule has 3 heteroatoms. The van der Waals surface area contributed by atoms with Crippen LogP contribution in [-0.2, 0) is 6.61 Å². The second kappa shape index (κ2) is 5.83. The van der Waals surface area contributed by atoms with E-state index in [0.717, 1.165) is 22.1 Å². The average Bonchev–Trinajstić information content (AvgIpc) is 2.39. The first kappa shape index (κ1) is 12.8. The largest absolute Gasteiger partial charge is 0.488 e. The van der Waals surface area contributed by atoms with Crippen molar-refractivity contribution in [2.75, 3.05) is 0 Å². The van der Waals surface area contributed by atoms with Crippen LogP contribution in [0.5, 0.6) is 5.75 Å². The molecule has 92 valence electrons. The van der Waals surface area contributed by atoms with Crippen LogP contribution >= 0.6 is 15.9 Å². The maximum absolute atomic E-state index is 10.6. The van der Waals surface area contributed by atoms with E-state index >= 15 is 0 Å². The molecule has 0 aliphatic carbocycles. The highest BCUT2D eigenvalue weighted by atomic mass is 79.9. The Morgan fingerprint density at radius 2 is 1.89 bits per heavy atom. The maximum Gasteiger partial charge on any atom is 0.150 e. The quantitative estimate of drug-likeness (QED) is 0.793. The number of rotatable bonds is 4. The summed E-state index contributed by atoms with van der Waals surface area (Å²) in [6.07, 6.45) is 0.814. The van der Waals surface area contributed by atoms with Gasteiger partial charge in [-0.25, -0.2) is 0 Å². The lowest BCUT2D eigenvalue weighted by atomic mass is 10.2. The first-order chi connectivity index (χ1) is 8.69. The predicted octanol–water partition coefficient (Wildman–Crippen LogP) is 4.15. The fourth-order valence-corrected chi connectivity index (χ4v) is 2.06. The van der Waals surface area contributed by atoms with E-state index in [1.165, 1.54) is 5.56 Å². The molecule has 0 aromatic heterocycles. The lowest BCUT2D eigenvalue weighted by molar-refractivity contribution is 0.112. The van der Waals surface area contributed by atoms with Gasteiger partial charge in [0.25, 0.3) is 0 Å². The zero-order chi connectivity index (χ0) is 13.0. The van der Waals surface area contributed by atoms with Gasteiger partial charge in [0, 0.05) is 5.56 Å². The molecule has 0 saturated heterocycles. The second-order valence-electron chi connectivity index (χ2n) is 4.08. The van der Waals surface area contributed by atoms with E-state index in [2.05, 4.69) is 35.0 Å². The molecule has 0 bridgehead atoms. The van der Waals surface area contributed by atoms with E-state index in [0.29, 0.717) is 12.2 Å². The van der Waals surface area contributed by atoms with Crippen LogP contribution in [0.2, 0.25) is 0 Å². The molecular weight excluding hydrogens is 292 g/mol. The Hall–Kier alpha value is -1.61. The lowest BCUT2D eigenvalue weighted by Crippen LogP contribution is -1.96. The fraction of sp³-hybridized carbons (Fsp3) is 0.133. The van der Waals surface area contributed by atoms with E-state index in [1.807, 2.05) is 12.1 Å². The van der Waals surface area contributed by atoms with Gasteiger partial charge in [-0.05, 0) is 46.6 Å². The summed E-state index contributed by atoms with van der Waals surface area (Å²) in [5.74, 6) is 0.737. The number of aldehydes is 1. The van der Waals surface area contributed by atoms with Gasteiger partial charge in [-0.15, -0.1) is 0 Å². The number of hydrogen-bond donors (Lipinski definition) is 0. The summed E-state index contributed by atoms with van der Waals surface area (Å²) in [6, 6.07) is 13.5. The third kappa shape index (κ3) is 3.20. The van der Waals surface area contributed by atoms with E-state index in [9.17, 15) is 4.79 Å². The van der Waals surface area contributed by atoms with Crippen LogP contribution in [0.1, 0.15) is 21.5 Å². The SMILES string of the molecule is Cc1ccc(COc2ccc(C=O)cc2Br)cc1. The predicted molar refractivity (Wildman–Crippen MR) is 75.0 cm³/mol. The number of benzene rings is 2. The molecule has 0 unspecified atom stereocenters. The van der Waals surface area contributed by atoms with Crippen molar-refractivity contribution in [2.24, 2.45) is 0 Å². The third-order valence-corrected chi connectivity index (χ3v) is 3.23. The van der Waals surface area contributed by atoms with Gasteiger partial charge in [0.15, 0.2) is 0 Å². The normalized spacial score (nSPS) is 10.1. The van der Waals surface area contributed by atoms with Crippen molar-refractivity contribution in [2.45, 2.75) is 13.5 Å². The minimum atomic E-state index is 0.513. The Kier molecular flexibility index (Phi) is 4.15. The first-order valence-electron chi connectivity index (χ1n) is 5.62. The molecule has 18 heavy (non-hydrogen) atoms. The monoisotopic (exact) mass is 304 g/mol. The maximum atomic E-state index is 10.6. The Labute approximate surface area is 115 Å². The fourth-order valence-electron chi connectivity index (χ4n) is 1.55. The van der Waals surface area contributed by atoms with Crippen molar-refractivity contribution < 1.29 is 9.53 Å². The highest BCUT2D eigenvalue weighted by Gasteiger charge is 2.02. The van der Waals surface area contributed by atoms with Crippen LogP contribution in [0.3, 0.4) is 0 Å². The van der Waals surface area contributed by atoms with Gasteiger partial charge in [0.2, 0.25) is 0 Å². The molecule has 0 amide bonds. The zero-order valence-corrected chi connectivity index (χ0v) is 11.6. The molecule has 0 aliphatic heterocycles. The van der Waals surface area contributed by atoms with Crippen molar-refractivity contribution in [3.63, 3.8) is 0 Å². The molecule has 2 aromatic rings. The second-order valence-corrected chi connectivity index (χ2v) is 4.94. The lowest BCUT2D eigenvalue weighted by Gasteiger charge is -2.08. The van der Waals surface area contributed by atoms with Crippen molar-refractivity contribution >= 4 is 22.2 Å². The molecule has 0 N–H and O–H groups in total. The van der Waals surface area contributed by atoms with Gasteiger partial charge in [0.1, 0.15) is 18.6 Å². The summed E-state index contributed by atoms with van der Waals surface area (Å²) in [6.45, 7) is 2.57. The van der Waals surface area contributed by atoms with Crippen LogP contribution < -0.4 is 4.74 Å². The van der Waals surface area contributed by atoms with Gasteiger partial charge < -0.3 is 4.74 Å².